The standard InChI is InChI=1S/C13H19N5/c1-9(2)16-7-11-8-18(4)17-13(11)12-10(3)14-5-6-15-12/h5-6,8-9,16H,7H2,1-4H3. The molecule has 0 saturated carbocycles. The minimum absolute atomic E-state index is 0.445. The first kappa shape index (κ1) is 12.7. The smallest absolute Gasteiger partial charge is 0.117 e. The monoisotopic (exact) mass is 245 g/mol. The molecule has 96 valence electrons. The van der Waals surface area contributed by atoms with Crippen molar-refractivity contribution in [3.8, 4) is 11.4 Å². The molecule has 0 aliphatic rings. The van der Waals surface area contributed by atoms with Gasteiger partial charge in [0.2, 0.25) is 0 Å². The zero-order chi connectivity index (χ0) is 13.1. The predicted octanol–water partition coefficient (Wildman–Crippen LogP) is 1.68. The summed E-state index contributed by atoms with van der Waals surface area (Å²) in [6.07, 6.45) is 5.43. The minimum Gasteiger partial charge on any atom is -0.310 e. The van der Waals surface area contributed by atoms with Crippen LogP contribution in [-0.2, 0) is 13.6 Å². The highest BCUT2D eigenvalue weighted by atomic mass is 15.3. The Morgan fingerprint density at radius 3 is 2.61 bits per heavy atom. The zero-order valence-electron chi connectivity index (χ0n) is 11.3. The van der Waals surface area contributed by atoms with Gasteiger partial charge in [-0.2, -0.15) is 5.10 Å². The summed E-state index contributed by atoms with van der Waals surface area (Å²) in [5.74, 6) is 0. The maximum atomic E-state index is 4.49. The SMILES string of the molecule is Cc1nccnc1-c1nn(C)cc1CNC(C)C. The molecule has 0 aliphatic heterocycles. The van der Waals surface area contributed by atoms with Crippen molar-refractivity contribution < 1.29 is 0 Å². The van der Waals surface area contributed by atoms with Crippen molar-refractivity contribution in [2.75, 3.05) is 0 Å². The highest BCUT2D eigenvalue weighted by molar-refractivity contribution is 5.60. The van der Waals surface area contributed by atoms with Crippen LogP contribution in [0.5, 0.6) is 0 Å². The Kier molecular flexibility index (Phi) is 3.72. The number of aromatic nitrogens is 4. The number of nitrogens with zero attached hydrogens (tertiary/aromatic N) is 4. The lowest BCUT2D eigenvalue weighted by Gasteiger charge is -2.08. The molecular formula is C13H19N5. The van der Waals surface area contributed by atoms with Crippen molar-refractivity contribution in [2.24, 2.45) is 7.05 Å². The van der Waals surface area contributed by atoms with E-state index >= 15 is 0 Å². The van der Waals surface area contributed by atoms with Gasteiger partial charge < -0.3 is 5.32 Å². The van der Waals surface area contributed by atoms with E-state index in [1.807, 2.05) is 24.9 Å². The van der Waals surface area contributed by atoms with Gasteiger partial charge in [0.15, 0.2) is 0 Å². The molecule has 0 fully saturated rings. The van der Waals surface area contributed by atoms with Gasteiger partial charge in [0, 0.05) is 43.8 Å². The first-order valence-corrected chi connectivity index (χ1v) is 6.12. The number of hydrogen-bond acceptors (Lipinski definition) is 4. The summed E-state index contributed by atoms with van der Waals surface area (Å²) in [6, 6.07) is 0.445. The van der Waals surface area contributed by atoms with Crippen molar-refractivity contribution >= 4 is 0 Å². The molecule has 0 atom stereocenters. The van der Waals surface area contributed by atoms with E-state index in [9.17, 15) is 0 Å². The van der Waals surface area contributed by atoms with Crippen LogP contribution in [0.2, 0.25) is 0 Å². The molecule has 0 unspecified atom stereocenters. The molecule has 0 radical (unpaired) electrons. The first-order valence-electron chi connectivity index (χ1n) is 6.12. The van der Waals surface area contributed by atoms with Crippen molar-refractivity contribution in [3.05, 3.63) is 29.8 Å². The van der Waals surface area contributed by atoms with Gasteiger partial charge in [0.25, 0.3) is 0 Å². The Morgan fingerprint density at radius 1 is 1.22 bits per heavy atom. The third-order valence-corrected chi connectivity index (χ3v) is 2.71. The average molecular weight is 245 g/mol. The Balaban J connectivity index is 2.36. The molecule has 0 spiro atoms. The van der Waals surface area contributed by atoms with Gasteiger partial charge in [0.1, 0.15) is 11.4 Å². The molecule has 0 saturated heterocycles. The Labute approximate surface area is 107 Å². The Hall–Kier alpha value is -1.75. The van der Waals surface area contributed by atoms with Crippen LogP contribution >= 0.6 is 0 Å². The van der Waals surface area contributed by atoms with Gasteiger partial charge in [-0.3, -0.25) is 14.6 Å². The van der Waals surface area contributed by atoms with E-state index in [2.05, 4.69) is 34.2 Å². The molecule has 1 N–H and O–H groups in total. The third kappa shape index (κ3) is 2.73. The van der Waals surface area contributed by atoms with Gasteiger partial charge in [-0.15, -0.1) is 0 Å². The molecule has 5 heteroatoms. The number of hydrogen-bond donors (Lipinski definition) is 1. The molecule has 0 amide bonds. The van der Waals surface area contributed by atoms with E-state index in [1.54, 1.807) is 12.4 Å². The molecule has 18 heavy (non-hydrogen) atoms. The maximum Gasteiger partial charge on any atom is 0.117 e. The second-order valence-corrected chi connectivity index (χ2v) is 4.70. The number of nitrogens with one attached hydrogen (secondary N) is 1. The second-order valence-electron chi connectivity index (χ2n) is 4.70. The topological polar surface area (TPSA) is 55.6 Å². The minimum atomic E-state index is 0.445. The van der Waals surface area contributed by atoms with E-state index < -0.39 is 0 Å². The van der Waals surface area contributed by atoms with Crippen LogP contribution in [-0.4, -0.2) is 25.8 Å². The molecular weight excluding hydrogens is 226 g/mol. The van der Waals surface area contributed by atoms with Gasteiger partial charge in [-0.1, -0.05) is 13.8 Å². The maximum absolute atomic E-state index is 4.49. The van der Waals surface area contributed by atoms with Crippen molar-refractivity contribution in [2.45, 2.75) is 33.4 Å². The van der Waals surface area contributed by atoms with Crippen molar-refractivity contribution in [1.82, 2.24) is 25.1 Å². The lowest BCUT2D eigenvalue weighted by atomic mass is 10.1. The molecule has 2 rings (SSSR count). The molecule has 2 aromatic heterocycles. The first-order chi connectivity index (χ1) is 8.58. The fourth-order valence-corrected chi connectivity index (χ4v) is 1.82. The lowest BCUT2D eigenvalue weighted by Crippen LogP contribution is -2.22. The summed E-state index contributed by atoms with van der Waals surface area (Å²) in [4.78, 5) is 8.65. The lowest BCUT2D eigenvalue weighted by molar-refractivity contribution is 0.589. The van der Waals surface area contributed by atoms with E-state index in [1.165, 1.54) is 0 Å². The average Bonchev–Trinajstić information content (AvgIpc) is 2.68. The summed E-state index contributed by atoms with van der Waals surface area (Å²) in [7, 11) is 1.92. The molecule has 2 aromatic rings. The summed E-state index contributed by atoms with van der Waals surface area (Å²) in [5, 5.41) is 7.90. The molecule has 5 nitrogen and oxygen atoms in total. The van der Waals surface area contributed by atoms with Crippen LogP contribution in [0.15, 0.2) is 18.6 Å². The van der Waals surface area contributed by atoms with Crippen LogP contribution in [0.4, 0.5) is 0 Å². The van der Waals surface area contributed by atoms with Crippen LogP contribution in [0.1, 0.15) is 25.1 Å². The van der Waals surface area contributed by atoms with E-state index in [4.69, 9.17) is 0 Å². The Morgan fingerprint density at radius 2 is 1.94 bits per heavy atom. The Bertz CT molecular complexity index is 530. The van der Waals surface area contributed by atoms with Crippen LogP contribution < -0.4 is 5.32 Å². The summed E-state index contributed by atoms with van der Waals surface area (Å²) >= 11 is 0. The number of aryl methyl sites for hydroxylation is 2. The summed E-state index contributed by atoms with van der Waals surface area (Å²) in [5.41, 5.74) is 3.83. The summed E-state index contributed by atoms with van der Waals surface area (Å²) in [6.45, 7) is 7.00. The van der Waals surface area contributed by atoms with Gasteiger partial charge in [-0.25, -0.2) is 0 Å². The van der Waals surface area contributed by atoms with Gasteiger partial charge in [0.05, 0.1) is 5.69 Å². The molecule has 0 bridgehead atoms. The van der Waals surface area contributed by atoms with E-state index in [0.717, 1.165) is 29.2 Å². The molecule has 0 aromatic carbocycles. The van der Waals surface area contributed by atoms with E-state index in [0.29, 0.717) is 6.04 Å². The number of rotatable bonds is 4. The zero-order valence-corrected chi connectivity index (χ0v) is 11.3. The molecule has 0 aliphatic carbocycles. The summed E-state index contributed by atoms with van der Waals surface area (Å²) < 4.78 is 1.82. The van der Waals surface area contributed by atoms with Crippen LogP contribution in [0, 0.1) is 6.92 Å². The predicted molar refractivity (Wildman–Crippen MR) is 70.9 cm³/mol. The van der Waals surface area contributed by atoms with Gasteiger partial charge >= 0.3 is 0 Å². The quantitative estimate of drug-likeness (QED) is 0.890. The van der Waals surface area contributed by atoms with E-state index in [-0.39, 0.29) is 0 Å². The second kappa shape index (κ2) is 5.27. The van der Waals surface area contributed by atoms with Crippen LogP contribution in [0.3, 0.4) is 0 Å². The molecule has 2 heterocycles. The highest BCUT2D eigenvalue weighted by Crippen LogP contribution is 2.21. The normalized spacial score (nSPS) is 11.2. The third-order valence-electron chi connectivity index (χ3n) is 2.71. The van der Waals surface area contributed by atoms with Crippen LogP contribution in [0.25, 0.3) is 11.4 Å². The largest absolute Gasteiger partial charge is 0.310 e. The highest BCUT2D eigenvalue weighted by Gasteiger charge is 2.14. The van der Waals surface area contributed by atoms with Crippen molar-refractivity contribution in [3.63, 3.8) is 0 Å². The fraction of sp³-hybridized carbons (Fsp3) is 0.462. The fourth-order valence-electron chi connectivity index (χ4n) is 1.82. The van der Waals surface area contributed by atoms with Crippen molar-refractivity contribution in [1.29, 1.82) is 0 Å². The van der Waals surface area contributed by atoms with Gasteiger partial charge in [-0.05, 0) is 6.92 Å².